The molecular weight excluding hydrogens is 426 g/mol. The smallest absolute Gasteiger partial charge is 0.271 e. The number of amides is 2. The lowest BCUT2D eigenvalue weighted by atomic mass is 10.1. The van der Waals surface area contributed by atoms with Gasteiger partial charge in [-0.1, -0.05) is 6.07 Å². The zero-order valence-electron chi connectivity index (χ0n) is 16.1. The maximum Gasteiger partial charge on any atom is 0.271 e. The molecular formula is C20H19N3O5S2. The summed E-state index contributed by atoms with van der Waals surface area (Å²) >= 11 is 1.11. The lowest BCUT2D eigenvalue weighted by molar-refractivity contribution is 0.0961. The van der Waals surface area contributed by atoms with Crippen LogP contribution in [-0.2, 0) is 10.0 Å². The van der Waals surface area contributed by atoms with Crippen LogP contribution in [0.4, 0.5) is 11.4 Å². The molecule has 8 nitrogen and oxygen atoms in total. The summed E-state index contributed by atoms with van der Waals surface area (Å²) in [6.45, 7) is 0. The van der Waals surface area contributed by atoms with E-state index in [2.05, 4.69) is 15.4 Å². The number of carbonyl (C=O) groups excluding carboxylic acids is 2. The zero-order chi connectivity index (χ0) is 21.7. The van der Waals surface area contributed by atoms with Crippen LogP contribution in [0.15, 0.2) is 64.2 Å². The molecule has 2 amide bonds. The highest BCUT2D eigenvalue weighted by Crippen LogP contribution is 2.26. The minimum atomic E-state index is -3.66. The topological polar surface area (TPSA) is 114 Å². The first-order valence-electron chi connectivity index (χ1n) is 8.72. The second-order valence-corrected chi connectivity index (χ2v) is 8.92. The van der Waals surface area contributed by atoms with E-state index in [0.717, 1.165) is 11.3 Å². The normalized spacial score (nSPS) is 10.9. The molecule has 3 rings (SSSR count). The van der Waals surface area contributed by atoms with Crippen LogP contribution >= 0.6 is 11.3 Å². The van der Waals surface area contributed by atoms with Crippen LogP contribution in [0, 0.1) is 0 Å². The predicted octanol–water partition coefficient (Wildman–Crippen LogP) is 3.17. The second-order valence-electron chi connectivity index (χ2n) is 6.06. The Balaban J connectivity index is 1.76. The fourth-order valence-electron chi connectivity index (χ4n) is 2.60. The second kappa shape index (κ2) is 8.97. The summed E-state index contributed by atoms with van der Waals surface area (Å²) in [6.07, 6.45) is 0. The van der Waals surface area contributed by atoms with Crippen molar-refractivity contribution in [2.45, 2.75) is 4.21 Å². The summed E-state index contributed by atoms with van der Waals surface area (Å²) < 4.78 is 32.5. The van der Waals surface area contributed by atoms with E-state index in [9.17, 15) is 18.0 Å². The van der Waals surface area contributed by atoms with Crippen molar-refractivity contribution in [3.8, 4) is 5.75 Å². The van der Waals surface area contributed by atoms with Gasteiger partial charge >= 0.3 is 0 Å². The molecule has 0 unspecified atom stereocenters. The first-order valence-corrected chi connectivity index (χ1v) is 11.1. The van der Waals surface area contributed by atoms with Crippen LogP contribution in [0.25, 0.3) is 0 Å². The number of hydrogen-bond acceptors (Lipinski definition) is 6. The number of ether oxygens (including phenoxy) is 1. The van der Waals surface area contributed by atoms with Crippen molar-refractivity contribution in [3.63, 3.8) is 0 Å². The van der Waals surface area contributed by atoms with Gasteiger partial charge in [0.25, 0.3) is 21.8 Å². The van der Waals surface area contributed by atoms with Crippen LogP contribution in [-0.4, -0.2) is 34.4 Å². The van der Waals surface area contributed by atoms with Crippen LogP contribution in [0.5, 0.6) is 5.75 Å². The first kappa shape index (κ1) is 21.3. The number of carbonyl (C=O) groups is 2. The summed E-state index contributed by atoms with van der Waals surface area (Å²) in [6, 6.07) is 13.8. The van der Waals surface area contributed by atoms with Gasteiger partial charge in [-0.2, -0.15) is 0 Å². The molecule has 30 heavy (non-hydrogen) atoms. The van der Waals surface area contributed by atoms with E-state index in [4.69, 9.17) is 4.74 Å². The molecule has 1 heterocycles. The molecule has 3 aromatic rings. The third kappa shape index (κ3) is 4.78. The zero-order valence-corrected chi connectivity index (χ0v) is 17.8. The number of anilines is 2. The molecule has 0 aliphatic carbocycles. The number of hydrogen-bond donors (Lipinski definition) is 3. The Kier molecular flexibility index (Phi) is 6.38. The Hall–Kier alpha value is -3.37. The standard InChI is InChI=1S/C20H19N3O5S2/c1-21-19(24)14-7-10-17(28-2)16(12-14)22-20(25)13-5-8-15(9-6-13)23-30(26,27)18-4-3-11-29-18/h3-12,23H,1-2H3,(H,21,24)(H,22,25). The molecule has 0 saturated heterocycles. The highest BCUT2D eigenvalue weighted by Gasteiger charge is 2.16. The Labute approximate surface area is 177 Å². The van der Waals surface area contributed by atoms with Gasteiger partial charge in [-0.25, -0.2) is 8.42 Å². The molecule has 0 saturated carbocycles. The molecule has 0 aliphatic rings. The van der Waals surface area contributed by atoms with Crippen LogP contribution in [0.2, 0.25) is 0 Å². The van der Waals surface area contributed by atoms with Crippen molar-refractivity contribution >= 4 is 44.5 Å². The van der Waals surface area contributed by atoms with Gasteiger partial charge in [-0.3, -0.25) is 14.3 Å². The van der Waals surface area contributed by atoms with Crippen molar-refractivity contribution in [2.24, 2.45) is 0 Å². The first-order chi connectivity index (χ1) is 14.3. The van der Waals surface area contributed by atoms with Crippen LogP contribution < -0.4 is 20.1 Å². The summed E-state index contributed by atoms with van der Waals surface area (Å²) in [4.78, 5) is 24.4. The van der Waals surface area contributed by atoms with Gasteiger partial charge in [0.15, 0.2) is 0 Å². The SMILES string of the molecule is CNC(=O)c1ccc(OC)c(NC(=O)c2ccc(NS(=O)(=O)c3cccs3)cc2)c1. The lowest BCUT2D eigenvalue weighted by Gasteiger charge is -2.12. The molecule has 0 fully saturated rings. The molecule has 0 radical (unpaired) electrons. The Morgan fingerprint density at radius 2 is 1.67 bits per heavy atom. The Morgan fingerprint density at radius 3 is 2.27 bits per heavy atom. The average molecular weight is 446 g/mol. The van der Waals surface area contributed by atoms with Crippen molar-refractivity contribution < 1.29 is 22.7 Å². The molecule has 0 bridgehead atoms. The van der Waals surface area contributed by atoms with E-state index < -0.39 is 15.9 Å². The summed E-state index contributed by atoms with van der Waals surface area (Å²) in [5, 5.41) is 6.90. The van der Waals surface area contributed by atoms with Crippen LogP contribution in [0.3, 0.4) is 0 Å². The van der Waals surface area contributed by atoms with E-state index >= 15 is 0 Å². The van der Waals surface area contributed by atoms with E-state index in [1.807, 2.05) is 0 Å². The van der Waals surface area contributed by atoms with Gasteiger partial charge in [0, 0.05) is 23.9 Å². The fraction of sp³-hybridized carbons (Fsp3) is 0.100. The number of methoxy groups -OCH3 is 1. The predicted molar refractivity (Wildman–Crippen MR) is 116 cm³/mol. The Bertz CT molecular complexity index is 1160. The molecule has 1 aromatic heterocycles. The molecule has 0 aliphatic heterocycles. The molecule has 3 N–H and O–H groups in total. The number of nitrogens with one attached hydrogen (secondary N) is 3. The molecule has 2 aromatic carbocycles. The number of benzene rings is 2. The lowest BCUT2D eigenvalue weighted by Crippen LogP contribution is -2.19. The van der Waals surface area contributed by atoms with Gasteiger partial charge in [-0.15, -0.1) is 11.3 Å². The van der Waals surface area contributed by atoms with Gasteiger partial charge < -0.3 is 15.4 Å². The Morgan fingerprint density at radius 1 is 0.967 bits per heavy atom. The summed E-state index contributed by atoms with van der Waals surface area (Å²) in [5.74, 6) is -0.332. The van der Waals surface area contributed by atoms with Crippen LogP contribution in [0.1, 0.15) is 20.7 Å². The molecule has 156 valence electrons. The molecule has 0 atom stereocenters. The molecule has 10 heteroatoms. The monoisotopic (exact) mass is 445 g/mol. The van der Waals surface area contributed by atoms with Crippen molar-refractivity contribution in [3.05, 3.63) is 71.1 Å². The van der Waals surface area contributed by atoms with Gasteiger partial charge in [0.1, 0.15) is 9.96 Å². The fourth-order valence-corrected chi connectivity index (χ4v) is 4.65. The molecule has 0 spiro atoms. The summed E-state index contributed by atoms with van der Waals surface area (Å²) in [7, 11) is -0.692. The third-order valence-corrected chi connectivity index (χ3v) is 6.87. The highest BCUT2D eigenvalue weighted by atomic mass is 32.2. The van der Waals surface area contributed by atoms with Gasteiger partial charge in [0.05, 0.1) is 12.8 Å². The van der Waals surface area contributed by atoms with E-state index in [1.54, 1.807) is 23.6 Å². The number of thiophene rings is 1. The highest BCUT2D eigenvalue weighted by molar-refractivity contribution is 7.94. The van der Waals surface area contributed by atoms with Crippen molar-refractivity contribution in [2.75, 3.05) is 24.2 Å². The minimum Gasteiger partial charge on any atom is -0.495 e. The van der Waals surface area contributed by atoms with E-state index in [-0.39, 0.29) is 10.1 Å². The van der Waals surface area contributed by atoms with Crippen molar-refractivity contribution in [1.29, 1.82) is 0 Å². The summed E-state index contributed by atoms with van der Waals surface area (Å²) in [5.41, 5.74) is 1.35. The quantitative estimate of drug-likeness (QED) is 0.517. The average Bonchev–Trinajstić information content (AvgIpc) is 3.29. The third-order valence-electron chi connectivity index (χ3n) is 4.10. The van der Waals surface area contributed by atoms with E-state index in [1.165, 1.54) is 50.6 Å². The number of sulfonamides is 1. The number of rotatable bonds is 7. The van der Waals surface area contributed by atoms with Gasteiger partial charge in [0.2, 0.25) is 0 Å². The van der Waals surface area contributed by atoms with Crippen molar-refractivity contribution in [1.82, 2.24) is 5.32 Å². The van der Waals surface area contributed by atoms with E-state index in [0.29, 0.717) is 28.3 Å². The maximum absolute atomic E-state index is 12.6. The van der Waals surface area contributed by atoms with Gasteiger partial charge in [-0.05, 0) is 53.9 Å². The largest absolute Gasteiger partial charge is 0.495 e. The minimum absolute atomic E-state index is 0.201. The maximum atomic E-state index is 12.6.